The quantitative estimate of drug-likeness (QED) is 0.883. The minimum absolute atomic E-state index is 0.303. The second-order valence-electron chi connectivity index (χ2n) is 4.60. The van der Waals surface area contributed by atoms with Crippen molar-refractivity contribution in [1.29, 1.82) is 0 Å². The molecule has 4 heteroatoms. The first-order valence-electron chi connectivity index (χ1n) is 5.94. The van der Waals surface area contributed by atoms with E-state index in [0.29, 0.717) is 11.5 Å². The fraction of sp³-hybridized carbons (Fsp3) is 0.538. The van der Waals surface area contributed by atoms with Crippen LogP contribution in [0.25, 0.3) is 0 Å². The average Bonchev–Trinajstić information content (AvgIpc) is 2.29. The molecule has 17 heavy (non-hydrogen) atoms. The van der Waals surface area contributed by atoms with Gasteiger partial charge in [0.25, 0.3) is 0 Å². The molecule has 1 aliphatic rings. The third-order valence-electron chi connectivity index (χ3n) is 3.24. The van der Waals surface area contributed by atoms with E-state index >= 15 is 0 Å². The molecular formula is C13H17F2NO. The summed E-state index contributed by atoms with van der Waals surface area (Å²) in [5.74, 6) is -0.644. The lowest BCUT2D eigenvalue weighted by molar-refractivity contribution is 0.0618. The second kappa shape index (κ2) is 5.56. The van der Waals surface area contributed by atoms with E-state index in [1.54, 1.807) is 0 Å². The van der Waals surface area contributed by atoms with Crippen LogP contribution in [0.5, 0.6) is 0 Å². The molecule has 1 heterocycles. The van der Waals surface area contributed by atoms with E-state index in [1.165, 1.54) is 12.1 Å². The number of hydrogen-bond donors (Lipinski definition) is 1. The average molecular weight is 241 g/mol. The highest BCUT2D eigenvalue weighted by molar-refractivity contribution is 5.21. The summed E-state index contributed by atoms with van der Waals surface area (Å²) in [5, 5.41) is 0. The molecule has 0 spiro atoms. The molecule has 0 radical (unpaired) electrons. The molecule has 0 bridgehead atoms. The van der Waals surface area contributed by atoms with Crippen molar-refractivity contribution in [3.63, 3.8) is 0 Å². The molecule has 1 fully saturated rings. The van der Waals surface area contributed by atoms with Crippen molar-refractivity contribution in [2.75, 3.05) is 13.2 Å². The maximum absolute atomic E-state index is 13.1. The zero-order chi connectivity index (χ0) is 12.3. The van der Waals surface area contributed by atoms with Gasteiger partial charge in [0.05, 0.1) is 0 Å². The van der Waals surface area contributed by atoms with Crippen LogP contribution in [0.1, 0.15) is 30.9 Å². The van der Waals surface area contributed by atoms with Gasteiger partial charge >= 0.3 is 0 Å². The van der Waals surface area contributed by atoms with E-state index in [9.17, 15) is 8.78 Å². The lowest BCUT2D eigenvalue weighted by Gasteiger charge is -2.25. The van der Waals surface area contributed by atoms with Crippen molar-refractivity contribution >= 4 is 0 Å². The van der Waals surface area contributed by atoms with Crippen LogP contribution in [0.15, 0.2) is 18.2 Å². The Morgan fingerprint density at radius 3 is 2.35 bits per heavy atom. The van der Waals surface area contributed by atoms with Crippen molar-refractivity contribution in [2.24, 2.45) is 11.7 Å². The topological polar surface area (TPSA) is 35.2 Å². The minimum Gasteiger partial charge on any atom is -0.381 e. The summed E-state index contributed by atoms with van der Waals surface area (Å²) >= 11 is 0. The molecule has 0 aromatic heterocycles. The highest BCUT2D eigenvalue weighted by Gasteiger charge is 2.18. The largest absolute Gasteiger partial charge is 0.381 e. The summed E-state index contributed by atoms with van der Waals surface area (Å²) in [6.45, 7) is 1.52. The van der Waals surface area contributed by atoms with E-state index in [-0.39, 0.29) is 6.04 Å². The first kappa shape index (κ1) is 12.5. The van der Waals surface area contributed by atoms with E-state index in [1.807, 2.05) is 0 Å². The van der Waals surface area contributed by atoms with Crippen LogP contribution in [0, 0.1) is 17.6 Å². The molecule has 94 valence electrons. The van der Waals surface area contributed by atoms with Gasteiger partial charge in [-0.15, -0.1) is 0 Å². The third kappa shape index (κ3) is 3.48. The molecule has 1 saturated heterocycles. The molecule has 0 saturated carbocycles. The Bertz CT molecular complexity index is 357. The predicted molar refractivity (Wildman–Crippen MR) is 61.4 cm³/mol. The Kier molecular flexibility index (Phi) is 4.07. The van der Waals surface area contributed by atoms with Gasteiger partial charge in [0, 0.05) is 25.3 Å². The molecular weight excluding hydrogens is 224 g/mol. The summed E-state index contributed by atoms with van der Waals surface area (Å²) in [5.41, 5.74) is 6.53. The van der Waals surface area contributed by atoms with E-state index in [2.05, 4.69) is 0 Å². The van der Waals surface area contributed by atoms with Gasteiger partial charge < -0.3 is 10.5 Å². The van der Waals surface area contributed by atoms with Crippen molar-refractivity contribution in [1.82, 2.24) is 0 Å². The molecule has 1 aliphatic heterocycles. The molecule has 1 aromatic carbocycles. The highest BCUT2D eigenvalue weighted by Crippen LogP contribution is 2.26. The Morgan fingerprint density at radius 2 is 1.76 bits per heavy atom. The summed E-state index contributed by atoms with van der Waals surface area (Å²) < 4.78 is 31.4. The fourth-order valence-electron chi connectivity index (χ4n) is 2.27. The second-order valence-corrected chi connectivity index (χ2v) is 4.60. The number of halogens is 2. The first-order valence-corrected chi connectivity index (χ1v) is 5.94. The number of ether oxygens (including phenoxy) is 1. The van der Waals surface area contributed by atoms with Gasteiger partial charge in [-0.25, -0.2) is 8.78 Å². The molecule has 2 N–H and O–H groups in total. The van der Waals surface area contributed by atoms with E-state index in [4.69, 9.17) is 10.5 Å². The Labute approximate surface area is 99.8 Å². The molecule has 1 aromatic rings. The van der Waals surface area contributed by atoms with Crippen molar-refractivity contribution in [2.45, 2.75) is 25.3 Å². The van der Waals surface area contributed by atoms with Crippen molar-refractivity contribution in [3.8, 4) is 0 Å². The van der Waals surface area contributed by atoms with Gasteiger partial charge in [-0.3, -0.25) is 0 Å². The van der Waals surface area contributed by atoms with Crippen molar-refractivity contribution in [3.05, 3.63) is 35.4 Å². The van der Waals surface area contributed by atoms with Crippen LogP contribution < -0.4 is 5.73 Å². The van der Waals surface area contributed by atoms with Gasteiger partial charge in [0.2, 0.25) is 0 Å². The number of nitrogens with two attached hydrogens (primary N) is 1. The lowest BCUT2D eigenvalue weighted by atomic mass is 9.90. The van der Waals surface area contributed by atoms with Crippen LogP contribution in [-0.2, 0) is 4.74 Å². The molecule has 2 nitrogen and oxygen atoms in total. The minimum atomic E-state index is -0.567. The predicted octanol–water partition coefficient (Wildman–Crippen LogP) is 2.78. The van der Waals surface area contributed by atoms with Gasteiger partial charge in [0.15, 0.2) is 0 Å². The Hall–Kier alpha value is -1.00. The van der Waals surface area contributed by atoms with Crippen molar-refractivity contribution < 1.29 is 13.5 Å². The van der Waals surface area contributed by atoms with E-state index in [0.717, 1.165) is 38.5 Å². The molecule has 1 atom stereocenters. The number of hydrogen-bond acceptors (Lipinski definition) is 2. The van der Waals surface area contributed by atoms with Gasteiger partial charge in [-0.05, 0) is 42.9 Å². The zero-order valence-electron chi connectivity index (χ0n) is 9.66. The summed E-state index contributed by atoms with van der Waals surface area (Å²) in [6.07, 6.45) is 2.71. The molecule has 0 amide bonds. The molecule has 0 aliphatic carbocycles. The maximum Gasteiger partial charge on any atom is 0.126 e. The van der Waals surface area contributed by atoms with Gasteiger partial charge in [-0.2, -0.15) is 0 Å². The van der Waals surface area contributed by atoms with Crippen LogP contribution in [0.2, 0.25) is 0 Å². The SMILES string of the molecule is NC(CC1CCOCC1)c1cc(F)cc(F)c1. The summed E-state index contributed by atoms with van der Waals surface area (Å²) in [7, 11) is 0. The van der Waals surface area contributed by atoms with E-state index < -0.39 is 11.6 Å². The summed E-state index contributed by atoms with van der Waals surface area (Å²) in [4.78, 5) is 0. The van der Waals surface area contributed by atoms with Gasteiger partial charge in [0.1, 0.15) is 11.6 Å². The monoisotopic (exact) mass is 241 g/mol. The zero-order valence-corrected chi connectivity index (χ0v) is 9.66. The number of benzene rings is 1. The van der Waals surface area contributed by atoms with Gasteiger partial charge in [-0.1, -0.05) is 0 Å². The first-order chi connectivity index (χ1) is 8.15. The standard InChI is InChI=1S/C13H17F2NO/c14-11-6-10(7-12(15)8-11)13(16)5-9-1-3-17-4-2-9/h6-9,13H,1-5,16H2. The number of rotatable bonds is 3. The van der Waals surface area contributed by atoms with Crippen LogP contribution in [-0.4, -0.2) is 13.2 Å². The maximum atomic E-state index is 13.1. The Morgan fingerprint density at radius 1 is 1.18 bits per heavy atom. The lowest BCUT2D eigenvalue weighted by Crippen LogP contribution is -2.21. The molecule has 2 rings (SSSR count). The third-order valence-corrected chi connectivity index (χ3v) is 3.24. The fourth-order valence-corrected chi connectivity index (χ4v) is 2.27. The summed E-state index contributed by atoms with van der Waals surface area (Å²) in [6, 6.07) is 3.19. The molecule has 1 unspecified atom stereocenters. The van der Waals surface area contributed by atoms with Crippen LogP contribution in [0.4, 0.5) is 8.78 Å². The van der Waals surface area contributed by atoms with Crippen LogP contribution >= 0.6 is 0 Å². The van der Waals surface area contributed by atoms with Crippen LogP contribution in [0.3, 0.4) is 0 Å². The normalized spacial score (nSPS) is 19.2. The Balaban J connectivity index is 2.00. The highest BCUT2D eigenvalue weighted by atomic mass is 19.1. The smallest absolute Gasteiger partial charge is 0.126 e.